The molecule has 1 rings (SSSR count). The Kier molecular flexibility index (Phi) is 4.49. The average Bonchev–Trinajstić information content (AvgIpc) is 2.57. The Morgan fingerprint density at radius 3 is 2.75 bits per heavy atom. The van der Waals surface area contributed by atoms with Crippen LogP contribution in [-0.4, -0.2) is 33.6 Å². The van der Waals surface area contributed by atoms with E-state index in [4.69, 9.17) is 5.11 Å². The molecule has 1 aromatic rings. The fraction of sp³-hybridized carbons (Fsp3) is 0.636. The highest BCUT2D eigenvalue weighted by atomic mass is 16.4. The molecular weight excluding hydrogens is 206 g/mol. The molecule has 0 unspecified atom stereocenters. The first-order valence-corrected chi connectivity index (χ1v) is 5.47. The van der Waals surface area contributed by atoms with Crippen molar-refractivity contribution >= 4 is 5.97 Å². The van der Waals surface area contributed by atoms with Crippen LogP contribution >= 0.6 is 0 Å². The van der Waals surface area contributed by atoms with Gasteiger partial charge in [-0.2, -0.15) is 0 Å². The Morgan fingerprint density at radius 1 is 1.62 bits per heavy atom. The smallest absolute Gasteiger partial charge is 0.320 e. The summed E-state index contributed by atoms with van der Waals surface area (Å²) in [5.74, 6) is 0.167. The van der Waals surface area contributed by atoms with E-state index in [1.165, 1.54) is 0 Å². The average molecular weight is 225 g/mol. The van der Waals surface area contributed by atoms with Gasteiger partial charge in [0, 0.05) is 19.2 Å². The molecule has 16 heavy (non-hydrogen) atoms. The molecule has 0 aliphatic heterocycles. The number of aliphatic carboxylic acids is 1. The summed E-state index contributed by atoms with van der Waals surface area (Å²) in [6, 6.07) is -0.486. The van der Waals surface area contributed by atoms with Gasteiger partial charge in [-0.25, -0.2) is 4.98 Å². The number of aromatic amines is 1. The molecule has 0 saturated heterocycles. The quantitative estimate of drug-likeness (QED) is 0.674. The Balaban J connectivity index is 2.36. The molecule has 0 fully saturated rings. The standard InChI is InChI=1S/C11H19N3O2/c1-7(2)10(11(15)16)12-5-4-9-6-13-8(3)14-9/h6-7,10,12H,4-5H2,1-3H3,(H,13,14)(H,15,16)/t10-/m0/s1. The number of nitrogens with zero attached hydrogens (tertiary/aromatic N) is 1. The number of hydrogen-bond donors (Lipinski definition) is 3. The van der Waals surface area contributed by atoms with Crippen LogP contribution in [-0.2, 0) is 11.2 Å². The highest BCUT2D eigenvalue weighted by Crippen LogP contribution is 2.02. The van der Waals surface area contributed by atoms with Crippen molar-refractivity contribution in [1.82, 2.24) is 15.3 Å². The summed E-state index contributed by atoms with van der Waals surface area (Å²) in [6.07, 6.45) is 2.59. The van der Waals surface area contributed by atoms with Crippen LogP contribution in [0.25, 0.3) is 0 Å². The van der Waals surface area contributed by atoms with Gasteiger partial charge in [0.2, 0.25) is 0 Å². The molecule has 0 spiro atoms. The molecule has 5 nitrogen and oxygen atoms in total. The number of aromatic nitrogens is 2. The van der Waals surface area contributed by atoms with Crippen molar-refractivity contribution in [3.8, 4) is 0 Å². The maximum Gasteiger partial charge on any atom is 0.320 e. The van der Waals surface area contributed by atoms with E-state index in [9.17, 15) is 4.79 Å². The maximum absolute atomic E-state index is 10.9. The molecule has 0 bridgehead atoms. The van der Waals surface area contributed by atoms with E-state index in [0.29, 0.717) is 6.54 Å². The van der Waals surface area contributed by atoms with Gasteiger partial charge in [0.1, 0.15) is 11.9 Å². The third kappa shape index (κ3) is 3.66. The van der Waals surface area contributed by atoms with Gasteiger partial charge in [-0.05, 0) is 12.8 Å². The van der Waals surface area contributed by atoms with Gasteiger partial charge < -0.3 is 15.4 Å². The van der Waals surface area contributed by atoms with Crippen LogP contribution in [0.1, 0.15) is 25.4 Å². The number of carboxylic acid groups (broad SMARTS) is 1. The molecule has 5 heteroatoms. The van der Waals surface area contributed by atoms with Crippen LogP contribution in [0.3, 0.4) is 0 Å². The highest BCUT2D eigenvalue weighted by molar-refractivity contribution is 5.73. The second-order valence-corrected chi connectivity index (χ2v) is 4.24. The van der Waals surface area contributed by atoms with Gasteiger partial charge in [-0.15, -0.1) is 0 Å². The molecule has 0 saturated carbocycles. The zero-order chi connectivity index (χ0) is 12.1. The predicted octanol–water partition coefficient (Wildman–Crippen LogP) is 0.959. The Labute approximate surface area is 95.3 Å². The summed E-state index contributed by atoms with van der Waals surface area (Å²) in [5.41, 5.74) is 0.956. The summed E-state index contributed by atoms with van der Waals surface area (Å²) in [4.78, 5) is 18.2. The van der Waals surface area contributed by atoms with E-state index in [1.807, 2.05) is 27.0 Å². The van der Waals surface area contributed by atoms with Gasteiger partial charge in [-0.1, -0.05) is 13.8 Å². The molecule has 0 amide bonds. The van der Waals surface area contributed by atoms with Gasteiger partial charge in [-0.3, -0.25) is 4.79 Å². The van der Waals surface area contributed by atoms with Gasteiger partial charge >= 0.3 is 5.97 Å². The summed E-state index contributed by atoms with van der Waals surface area (Å²) in [6.45, 7) is 6.31. The molecule has 3 N–H and O–H groups in total. The lowest BCUT2D eigenvalue weighted by atomic mass is 10.0. The lowest BCUT2D eigenvalue weighted by Gasteiger charge is -2.17. The van der Waals surface area contributed by atoms with Crippen LogP contribution in [0.5, 0.6) is 0 Å². The zero-order valence-corrected chi connectivity index (χ0v) is 9.95. The molecule has 0 aliphatic rings. The second kappa shape index (κ2) is 5.65. The molecule has 90 valence electrons. The summed E-state index contributed by atoms with van der Waals surface area (Å²) in [7, 11) is 0. The van der Waals surface area contributed by atoms with Crippen LogP contribution in [0, 0.1) is 12.8 Å². The number of nitrogens with one attached hydrogen (secondary N) is 2. The van der Waals surface area contributed by atoms with Gasteiger partial charge in [0.15, 0.2) is 0 Å². The van der Waals surface area contributed by atoms with Crippen molar-refractivity contribution in [2.24, 2.45) is 5.92 Å². The lowest BCUT2D eigenvalue weighted by Crippen LogP contribution is -2.41. The predicted molar refractivity (Wildman–Crippen MR) is 61.3 cm³/mol. The van der Waals surface area contributed by atoms with Crippen molar-refractivity contribution in [1.29, 1.82) is 0 Å². The first-order valence-electron chi connectivity index (χ1n) is 5.47. The Bertz CT molecular complexity index is 347. The minimum absolute atomic E-state index is 0.0819. The van der Waals surface area contributed by atoms with E-state index in [0.717, 1.165) is 17.9 Å². The molecule has 0 aliphatic carbocycles. The number of aryl methyl sites for hydroxylation is 1. The number of carbonyl (C=O) groups is 1. The Morgan fingerprint density at radius 2 is 2.31 bits per heavy atom. The van der Waals surface area contributed by atoms with E-state index >= 15 is 0 Å². The van der Waals surface area contributed by atoms with Crippen LogP contribution in [0.15, 0.2) is 6.20 Å². The number of H-pyrrole nitrogens is 1. The van der Waals surface area contributed by atoms with Crippen LogP contribution < -0.4 is 5.32 Å². The Hall–Kier alpha value is -1.36. The van der Waals surface area contributed by atoms with Crippen molar-refractivity contribution in [2.75, 3.05) is 6.54 Å². The summed E-state index contributed by atoms with van der Waals surface area (Å²) >= 11 is 0. The molecule has 0 aromatic carbocycles. The molecular formula is C11H19N3O2. The minimum Gasteiger partial charge on any atom is -0.480 e. The fourth-order valence-electron chi connectivity index (χ4n) is 1.56. The first kappa shape index (κ1) is 12.7. The van der Waals surface area contributed by atoms with E-state index in [2.05, 4.69) is 15.3 Å². The van der Waals surface area contributed by atoms with Crippen LogP contribution in [0.2, 0.25) is 0 Å². The number of imidazole rings is 1. The third-order valence-electron chi connectivity index (χ3n) is 2.44. The van der Waals surface area contributed by atoms with Crippen molar-refractivity contribution in [3.63, 3.8) is 0 Å². The van der Waals surface area contributed by atoms with Crippen molar-refractivity contribution in [2.45, 2.75) is 33.2 Å². The summed E-state index contributed by atoms with van der Waals surface area (Å²) < 4.78 is 0. The third-order valence-corrected chi connectivity index (χ3v) is 2.44. The second-order valence-electron chi connectivity index (χ2n) is 4.24. The molecule has 1 heterocycles. The fourth-order valence-corrected chi connectivity index (χ4v) is 1.56. The first-order chi connectivity index (χ1) is 7.50. The largest absolute Gasteiger partial charge is 0.480 e. The molecule has 1 aromatic heterocycles. The SMILES string of the molecule is Cc1nc(CCN[C@H](C(=O)O)C(C)C)c[nH]1. The van der Waals surface area contributed by atoms with Crippen LogP contribution in [0.4, 0.5) is 0 Å². The normalized spacial score (nSPS) is 13.0. The van der Waals surface area contributed by atoms with Gasteiger partial charge in [0.05, 0.1) is 5.69 Å². The van der Waals surface area contributed by atoms with E-state index in [1.54, 1.807) is 0 Å². The van der Waals surface area contributed by atoms with E-state index in [-0.39, 0.29) is 5.92 Å². The van der Waals surface area contributed by atoms with Crippen molar-refractivity contribution in [3.05, 3.63) is 17.7 Å². The maximum atomic E-state index is 10.9. The topological polar surface area (TPSA) is 78.0 Å². The monoisotopic (exact) mass is 225 g/mol. The summed E-state index contributed by atoms with van der Waals surface area (Å²) in [5, 5.41) is 12.0. The zero-order valence-electron chi connectivity index (χ0n) is 9.95. The minimum atomic E-state index is -0.798. The number of carboxylic acids is 1. The molecule has 1 atom stereocenters. The van der Waals surface area contributed by atoms with Gasteiger partial charge in [0.25, 0.3) is 0 Å². The molecule has 0 radical (unpaired) electrons. The lowest BCUT2D eigenvalue weighted by molar-refractivity contribution is -0.140. The highest BCUT2D eigenvalue weighted by Gasteiger charge is 2.20. The van der Waals surface area contributed by atoms with E-state index < -0.39 is 12.0 Å². The number of hydrogen-bond acceptors (Lipinski definition) is 3. The van der Waals surface area contributed by atoms with Crippen molar-refractivity contribution < 1.29 is 9.90 Å². The number of rotatable bonds is 6.